The average Bonchev–Trinajstić information content (AvgIpc) is 3.50. The van der Waals surface area contributed by atoms with Crippen LogP contribution in [0.5, 0.6) is 5.75 Å². The summed E-state index contributed by atoms with van der Waals surface area (Å²) in [6.45, 7) is 9.03. The van der Waals surface area contributed by atoms with Gasteiger partial charge in [0, 0.05) is 56.6 Å². The highest BCUT2D eigenvalue weighted by molar-refractivity contribution is 7.99. The summed E-state index contributed by atoms with van der Waals surface area (Å²) in [6, 6.07) is 4.64. The van der Waals surface area contributed by atoms with E-state index in [2.05, 4.69) is 30.3 Å². The number of aryl methyl sites for hydroxylation is 1. The second-order valence-electron chi connectivity index (χ2n) is 12.9. The van der Waals surface area contributed by atoms with Crippen molar-refractivity contribution in [1.82, 2.24) is 30.0 Å². The molecule has 2 aromatic carbocycles. The van der Waals surface area contributed by atoms with Gasteiger partial charge in [0.05, 0.1) is 22.5 Å². The largest absolute Gasteiger partial charge is 0.490 e. The van der Waals surface area contributed by atoms with Crippen LogP contribution in [0.2, 0.25) is 0 Å². The molecule has 51 heavy (non-hydrogen) atoms. The topological polar surface area (TPSA) is 120 Å². The molecule has 1 fully saturated rings. The number of piperazine rings is 1. The molecule has 2 N–H and O–H groups in total. The molecule has 1 aliphatic heterocycles. The normalized spacial score (nSPS) is 14.4. The van der Waals surface area contributed by atoms with Gasteiger partial charge in [0.25, 0.3) is 0 Å². The first-order valence-corrected chi connectivity index (χ1v) is 18.2. The Bertz CT molecular complexity index is 2010. The highest BCUT2D eigenvalue weighted by atomic mass is 32.2. The van der Waals surface area contributed by atoms with Crippen molar-refractivity contribution in [3.8, 4) is 5.75 Å². The minimum atomic E-state index is -4.82. The Kier molecular flexibility index (Phi) is 11.2. The van der Waals surface area contributed by atoms with Gasteiger partial charge in [-0.15, -0.1) is 0 Å². The van der Waals surface area contributed by atoms with Gasteiger partial charge in [-0.2, -0.15) is 5.10 Å². The average molecular weight is 755 g/mol. The van der Waals surface area contributed by atoms with E-state index in [0.717, 1.165) is 76.5 Å². The standard InChI is InChI=1S/C33H39F5N8O3S2/c1-18-16-23(43-42-18)39-30-29(49-7)31(46-14-12-45(13-15-46)11-10-44(5)6)41-32(40-30)50-22-9-8-20(17-21(22)34)51(47,48)33(3,4)24-27(37)25(35)19(2)26(36)28(24)38/h8-9,16-17H,10-15H2,1-7H3,(H2,39,40,41,42,43). The lowest BCUT2D eigenvalue weighted by Gasteiger charge is -2.36. The van der Waals surface area contributed by atoms with E-state index in [1.807, 2.05) is 25.9 Å². The highest BCUT2D eigenvalue weighted by Gasteiger charge is 2.44. The molecule has 5 rings (SSSR count). The molecule has 11 nitrogen and oxygen atoms in total. The number of nitrogens with one attached hydrogen (secondary N) is 2. The zero-order chi connectivity index (χ0) is 37.4. The number of ether oxygens (including phenoxy) is 1. The fourth-order valence-corrected chi connectivity index (χ4v) is 7.91. The van der Waals surface area contributed by atoms with Crippen LogP contribution in [0.4, 0.5) is 39.4 Å². The minimum Gasteiger partial charge on any atom is -0.490 e. The predicted molar refractivity (Wildman–Crippen MR) is 184 cm³/mol. The van der Waals surface area contributed by atoms with Crippen LogP contribution >= 0.6 is 11.8 Å². The van der Waals surface area contributed by atoms with Crippen LogP contribution < -0.4 is 15.0 Å². The molecule has 1 saturated heterocycles. The summed E-state index contributed by atoms with van der Waals surface area (Å²) in [4.78, 5) is 15.1. The zero-order valence-electron chi connectivity index (χ0n) is 29.2. The molecule has 0 atom stereocenters. The van der Waals surface area contributed by atoms with E-state index in [-0.39, 0.29) is 15.9 Å². The number of benzene rings is 2. The number of likely N-dealkylation sites (N-methyl/N-ethyl adjacent to an activating group) is 1. The molecule has 0 bridgehead atoms. The molecule has 0 spiro atoms. The van der Waals surface area contributed by atoms with E-state index < -0.39 is 59.7 Å². The maximum Gasteiger partial charge on any atom is 0.204 e. The minimum absolute atomic E-state index is 0.0669. The molecule has 0 saturated carbocycles. The first-order chi connectivity index (χ1) is 24.0. The van der Waals surface area contributed by atoms with Gasteiger partial charge in [-0.05, 0) is 71.8 Å². The lowest BCUT2D eigenvalue weighted by molar-refractivity contribution is 0.228. The van der Waals surface area contributed by atoms with Gasteiger partial charge in [0.2, 0.25) is 5.75 Å². The SMILES string of the molecule is COc1c(Nc2cc(C)[nH]n2)nc(Sc2ccc(S(=O)(=O)C(C)(C)c3c(F)c(F)c(C)c(F)c3F)cc2F)nc1N1CCN(CCN(C)C)CC1. The van der Waals surface area contributed by atoms with Crippen molar-refractivity contribution in [3.63, 3.8) is 0 Å². The number of anilines is 3. The van der Waals surface area contributed by atoms with Crippen LogP contribution in [0.15, 0.2) is 39.2 Å². The van der Waals surface area contributed by atoms with Crippen molar-refractivity contribution in [2.75, 3.05) is 70.7 Å². The summed E-state index contributed by atoms with van der Waals surface area (Å²) in [5, 5.41) is 10.3. The lowest BCUT2D eigenvalue weighted by atomic mass is 9.98. The first-order valence-electron chi connectivity index (χ1n) is 15.9. The molecule has 0 unspecified atom stereocenters. The van der Waals surface area contributed by atoms with Crippen molar-refractivity contribution in [2.24, 2.45) is 0 Å². The Morgan fingerprint density at radius 3 is 2.18 bits per heavy atom. The van der Waals surface area contributed by atoms with Crippen molar-refractivity contribution < 1.29 is 35.1 Å². The number of hydrogen-bond donors (Lipinski definition) is 2. The molecule has 2 aromatic heterocycles. The quantitative estimate of drug-likeness (QED) is 0.104. The number of H-pyrrole nitrogens is 1. The molecular formula is C33H39F5N8O3S2. The maximum absolute atomic E-state index is 15.7. The van der Waals surface area contributed by atoms with Gasteiger partial charge in [-0.1, -0.05) is 0 Å². The number of aromatic amines is 1. The monoisotopic (exact) mass is 754 g/mol. The third-order valence-corrected chi connectivity index (χ3v) is 12.0. The molecule has 4 aromatic rings. The van der Waals surface area contributed by atoms with Gasteiger partial charge in [0.1, 0.15) is 10.6 Å². The Labute approximate surface area is 297 Å². The second kappa shape index (κ2) is 14.9. The number of rotatable bonds is 12. The van der Waals surface area contributed by atoms with E-state index in [1.54, 1.807) is 6.07 Å². The summed E-state index contributed by atoms with van der Waals surface area (Å²) < 4.78 is 105. The molecule has 0 aliphatic carbocycles. The van der Waals surface area contributed by atoms with Crippen molar-refractivity contribution in [1.29, 1.82) is 0 Å². The Hall–Kier alpha value is -4.00. The van der Waals surface area contributed by atoms with Crippen LogP contribution in [-0.2, 0) is 14.6 Å². The van der Waals surface area contributed by atoms with E-state index in [1.165, 1.54) is 7.11 Å². The summed E-state index contributed by atoms with van der Waals surface area (Å²) in [5.41, 5.74) is -1.47. The molecule has 1 aliphatic rings. The number of aromatic nitrogens is 4. The Balaban J connectivity index is 1.48. The number of methoxy groups -OCH3 is 1. The van der Waals surface area contributed by atoms with Gasteiger partial charge < -0.3 is 19.9 Å². The summed E-state index contributed by atoms with van der Waals surface area (Å²) in [7, 11) is 0.702. The fraction of sp³-hybridized carbons (Fsp3) is 0.424. The van der Waals surface area contributed by atoms with E-state index in [4.69, 9.17) is 9.72 Å². The third-order valence-electron chi connectivity index (χ3n) is 8.69. The molecule has 18 heteroatoms. The summed E-state index contributed by atoms with van der Waals surface area (Å²) >= 11 is 0.809. The van der Waals surface area contributed by atoms with E-state index in [9.17, 15) is 26.0 Å². The van der Waals surface area contributed by atoms with Crippen LogP contribution in [0.1, 0.15) is 30.7 Å². The number of nitrogens with zero attached hydrogens (tertiary/aromatic N) is 6. The van der Waals surface area contributed by atoms with E-state index in [0.29, 0.717) is 36.5 Å². The summed E-state index contributed by atoms with van der Waals surface area (Å²) in [5.74, 6) is -6.62. The Morgan fingerprint density at radius 2 is 1.63 bits per heavy atom. The van der Waals surface area contributed by atoms with Crippen molar-refractivity contribution in [3.05, 3.63) is 70.2 Å². The van der Waals surface area contributed by atoms with Crippen molar-refractivity contribution >= 4 is 39.1 Å². The summed E-state index contributed by atoms with van der Waals surface area (Å²) in [6.07, 6.45) is 0. The highest BCUT2D eigenvalue weighted by Crippen LogP contribution is 2.42. The third kappa shape index (κ3) is 7.64. The van der Waals surface area contributed by atoms with Crippen LogP contribution in [0.3, 0.4) is 0 Å². The van der Waals surface area contributed by atoms with E-state index >= 15 is 4.39 Å². The van der Waals surface area contributed by atoms with Gasteiger partial charge in [-0.3, -0.25) is 10.00 Å². The zero-order valence-corrected chi connectivity index (χ0v) is 30.8. The van der Waals surface area contributed by atoms with Crippen molar-refractivity contribution in [2.45, 2.75) is 47.4 Å². The predicted octanol–water partition coefficient (Wildman–Crippen LogP) is 5.81. The van der Waals surface area contributed by atoms with Gasteiger partial charge in [-0.25, -0.2) is 40.3 Å². The molecular weight excluding hydrogens is 716 g/mol. The number of halogens is 5. The van der Waals surface area contributed by atoms with Gasteiger partial charge >= 0.3 is 0 Å². The number of sulfone groups is 1. The molecule has 3 heterocycles. The fourth-order valence-electron chi connectivity index (χ4n) is 5.61. The molecule has 276 valence electrons. The van der Waals surface area contributed by atoms with Gasteiger partial charge in [0.15, 0.2) is 55.7 Å². The Morgan fingerprint density at radius 1 is 0.980 bits per heavy atom. The van der Waals surface area contributed by atoms with Crippen LogP contribution in [0.25, 0.3) is 0 Å². The molecule has 0 amide bonds. The van der Waals surface area contributed by atoms with Crippen LogP contribution in [0, 0.1) is 42.9 Å². The smallest absolute Gasteiger partial charge is 0.204 e. The molecule has 0 radical (unpaired) electrons. The second-order valence-corrected chi connectivity index (χ2v) is 16.4. The number of hydrogen-bond acceptors (Lipinski definition) is 11. The van der Waals surface area contributed by atoms with Crippen LogP contribution in [-0.4, -0.2) is 98.9 Å². The lowest BCUT2D eigenvalue weighted by Crippen LogP contribution is -2.48. The first kappa shape index (κ1) is 38.2. The maximum atomic E-state index is 15.7.